The highest BCUT2D eigenvalue weighted by atomic mass is 32.2. The molecule has 0 saturated carbocycles. The maximum absolute atomic E-state index is 11.3. The molecule has 0 radical (unpaired) electrons. The number of terminal acetylenes is 1. The van der Waals surface area contributed by atoms with E-state index >= 15 is 0 Å². The van der Waals surface area contributed by atoms with Gasteiger partial charge in [-0.3, -0.25) is 4.79 Å². The zero-order chi connectivity index (χ0) is 12.6. The summed E-state index contributed by atoms with van der Waals surface area (Å²) < 4.78 is 21.6. The van der Waals surface area contributed by atoms with Gasteiger partial charge in [0.2, 0.25) is 5.91 Å². The van der Waals surface area contributed by atoms with Crippen molar-refractivity contribution in [2.45, 2.75) is 19.4 Å². The zero-order valence-electron chi connectivity index (χ0n) is 9.62. The Morgan fingerprint density at radius 1 is 1.50 bits per heavy atom. The Balaban J connectivity index is 3.70. The van der Waals surface area contributed by atoms with Crippen molar-refractivity contribution in [1.29, 1.82) is 0 Å². The van der Waals surface area contributed by atoms with Gasteiger partial charge in [0.05, 0.1) is 18.3 Å². The van der Waals surface area contributed by atoms with Gasteiger partial charge >= 0.3 is 0 Å². The van der Waals surface area contributed by atoms with Crippen molar-refractivity contribution < 1.29 is 13.2 Å². The van der Waals surface area contributed by atoms with Crippen LogP contribution in [0.4, 0.5) is 0 Å². The molecule has 0 bridgehead atoms. The molecule has 0 rings (SSSR count). The second-order valence-electron chi connectivity index (χ2n) is 3.58. The number of hydrogen-bond acceptors (Lipinski definition) is 4. The molecule has 0 aromatic carbocycles. The molecule has 1 atom stereocenters. The van der Waals surface area contributed by atoms with Crippen LogP contribution in [-0.4, -0.2) is 45.5 Å². The molecule has 2 N–H and O–H groups in total. The van der Waals surface area contributed by atoms with Crippen molar-refractivity contribution in [2.24, 2.45) is 0 Å². The molecule has 16 heavy (non-hydrogen) atoms. The van der Waals surface area contributed by atoms with Crippen molar-refractivity contribution in [3.8, 4) is 12.3 Å². The van der Waals surface area contributed by atoms with Crippen LogP contribution in [-0.2, 0) is 14.6 Å². The molecule has 0 aliphatic rings. The second kappa shape index (κ2) is 7.25. The molecule has 0 aromatic rings. The number of rotatable bonds is 7. The first-order chi connectivity index (χ1) is 7.37. The molecular weight excluding hydrogens is 228 g/mol. The largest absolute Gasteiger partial charge is 0.344 e. The molecule has 0 heterocycles. The van der Waals surface area contributed by atoms with Crippen molar-refractivity contribution in [3.05, 3.63) is 0 Å². The number of carbonyl (C=O) groups is 1. The van der Waals surface area contributed by atoms with Crippen molar-refractivity contribution in [2.75, 3.05) is 25.1 Å². The molecule has 0 saturated heterocycles. The summed E-state index contributed by atoms with van der Waals surface area (Å²) in [4.78, 5) is 11.3. The first-order valence-electron chi connectivity index (χ1n) is 4.99. The number of nitrogens with one attached hydrogen (secondary N) is 2. The number of sulfone groups is 1. The van der Waals surface area contributed by atoms with Crippen molar-refractivity contribution in [1.82, 2.24) is 10.6 Å². The summed E-state index contributed by atoms with van der Waals surface area (Å²) >= 11 is 0. The fourth-order valence-electron chi connectivity index (χ4n) is 1.04. The maximum atomic E-state index is 11.3. The van der Waals surface area contributed by atoms with Gasteiger partial charge < -0.3 is 10.6 Å². The summed E-state index contributed by atoms with van der Waals surface area (Å²) in [7, 11) is -2.92. The van der Waals surface area contributed by atoms with Gasteiger partial charge in [0.15, 0.2) is 0 Å². The van der Waals surface area contributed by atoms with E-state index in [0.29, 0.717) is 13.0 Å². The predicted octanol–water partition coefficient (Wildman–Crippen LogP) is -0.851. The lowest BCUT2D eigenvalue weighted by molar-refractivity contribution is -0.122. The van der Waals surface area contributed by atoms with Crippen LogP contribution in [0.3, 0.4) is 0 Å². The minimum absolute atomic E-state index is 0.124. The topological polar surface area (TPSA) is 75.3 Å². The van der Waals surface area contributed by atoms with Gasteiger partial charge in [-0.1, -0.05) is 5.92 Å². The van der Waals surface area contributed by atoms with Crippen LogP contribution in [0.5, 0.6) is 0 Å². The molecule has 0 aliphatic heterocycles. The lowest BCUT2D eigenvalue weighted by Gasteiger charge is -2.12. The minimum Gasteiger partial charge on any atom is -0.344 e. The van der Waals surface area contributed by atoms with E-state index in [9.17, 15) is 13.2 Å². The molecular formula is C10H18N2O3S. The molecule has 5 nitrogen and oxygen atoms in total. The van der Waals surface area contributed by atoms with E-state index in [4.69, 9.17) is 6.42 Å². The lowest BCUT2D eigenvalue weighted by atomic mass is 10.3. The van der Waals surface area contributed by atoms with Gasteiger partial charge in [-0.25, -0.2) is 8.42 Å². The molecule has 0 aliphatic carbocycles. The smallest absolute Gasteiger partial charge is 0.237 e. The Hall–Kier alpha value is -1.06. The first-order valence-corrected chi connectivity index (χ1v) is 7.05. The van der Waals surface area contributed by atoms with E-state index in [1.807, 2.05) is 0 Å². The minimum atomic E-state index is -2.92. The number of amides is 1. The number of hydrogen-bond donors (Lipinski definition) is 2. The monoisotopic (exact) mass is 246 g/mol. The van der Waals surface area contributed by atoms with Crippen LogP contribution >= 0.6 is 0 Å². The Morgan fingerprint density at radius 2 is 2.12 bits per heavy atom. The van der Waals surface area contributed by atoms with E-state index in [1.165, 1.54) is 6.26 Å². The third-order valence-corrected chi connectivity index (χ3v) is 2.93. The third-order valence-electron chi connectivity index (χ3n) is 1.90. The van der Waals surface area contributed by atoms with Crippen molar-refractivity contribution in [3.63, 3.8) is 0 Å². The van der Waals surface area contributed by atoms with E-state index < -0.39 is 9.84 Å². The van der Waals surface area contributed by atoms with E-state index in [1.54, 1.807) is 6.92 Å². The highest BCUT2D eigenvalue weighted by molar-refractivity contribution is 7.90. The summed E-state index contributed by atoms with van der Waals surface area (Å²) in [5.74, 6) is 2.24. The quantitative estimate of drug-likeness (QED) is 0.453. The highest BCUT2D eigenvalue weighted by Gasteiger charge is 2.10. The summed E-state index contributed by atoms with van der Waals surface area (Å²) in [5.41, 5.74) is 0. The van der Waals surface area contributed by atoms with Crippen LogP contribution in [0, 0.1) is 12.3 Å². The Kier molecular flexibility index (Phi) is 6.77. The summed E-state index contributed by atoms with van der Waals surface area (Å²) in [6.45, 7) is 2.39. The molecule has 0 spiro atoms. The normalized spacial score (nSPS) is 12.8. The Labute approximate surface area is 96.9 Å². The van der Waals surface area contributed by atoms with Gasteiger partial charge in [0, 0.05) is 6.26 Å². The van der Waals surface area contributed by atoms with Crippen LogP contribution in [0.15, 0.2) is 0 Å². The van der Waals surface area contributed by atoms with Crippen LogP contribution in [0.2, 0.25) is 0 Å². The number of carbonyl (C=O) groups excluding carboxylic acids is 1. The molecule has 0 aromatic heterocycles. The lowest BCUT2D eigenvalue weighted by Crippen LogP contribution is -2.42. The molecule has 92 valence electrons. The van der Waals surface area contributed by atoms with Gasteiger partial charge in [-0.05, 0) is 19.9 Å². The van der Waals surface area contributed by atoms with Crippen LogP contribution in [0.1, 0.15) is 13.3 Å². The van der Waals surface area contributed by atoms with Crippen LogP contribution in [0.25, 0.3) is 0 Å². The van der Waals surface area contributed by atoms with Crippen molar-refractivity contribution >= 4 is 15.7 Å². The molecule has 1 amide bonds. The van der Waals surface area contributed by atoms with Gasteiger partial charge in [0.1, 0.15) is 9.84 Å². The van der Waals surface area contributed by atoms with E-state index in [-0.39, 0.29) is 24.2 Å². The fourth-order valence-corrected chi connectivity index (χ4v) is 1.71. The summed E-state index contributed by atoms with van der Waals surface area (Å²) in [5, 5.41) is 5.45. The van der Waals surface area contributed by atoms with Gasteiger partial charge in [-0.15, -0.1) is 6.42 Å². The van der Waals surface area contributed by atoms with Gasteiger partial charge in [-0.2, -0.15) is 0 Å². The SMILES string of the molecule is C#CCNC(=O)C(C)NCCCS(C)(=O)=O. The predicted molar refractivity (Wildman–Crippen MR) is 63.6 cm³/mol. The second-order valence-corrected chi connectivity index (χ2v) is 5.84. The van der Waals surface area contributed by atoms with Crippen LogP contribution < -0.4 is 10.6 Å². The fraction of sp³-hybridized carbons (Fsp3) is 0.700. The average Bonchev–Trinajstić information content (AvgIpc) is 2.19. The first kappa shape index (κ1) is 14.9. The molecule has 6 heteroatoms. The Morgan fingerprint density at radius 3 is 2.62 bits per heavy atom. The average molecular weight is 246 g/mol. The summed E-state index contributed by atoms with van der Waals surface area (Å²) in [6, 6.07) is -0.368. The molecule has 1 unspecified atom stereocenters. The van der Waals surface area contributed by atoms with Gasteiger partial charge in [0.25, 0.3) is 0 Å². The van der Waals surface area contributed by atoms with E-state index in [0.717, 1.165) is 0 Å². The maximum Gasteiger partial charge on any atom is 0.237 e. The summed E-state index contributed by atoms with van der Waals surface area (Å²) in [6.07, 6.45) is 6.68. The third kappa shape index (κ3) is 8.26. The standard InChI is InChI=1S/C10H18N2O3S/c1-4-6-12-10(13)9(2)11-7-5-8-16(3,14)15/h1,9,11H,5-8H2,2-3H3,(H,12,13). The van der Waals surface area contributed by atoms with E-state index in [2.05, 4.69) is 16.6 Å². The zero-order valence-corrected chi connectivity index (χ0v) is 10.4. The Bertz CT molecular complexity index is 357. The highest BCUT2D eigenvalue weighted by Crippen LogP contribution is 1.89. The molecule has 0 fully saturated rings.